The molecule has 0 unspecified atom stereocenters. The van der Waals surface area contributed by atoms with Gasteiger partial charge in [-0.05, 0) is 53.2 Å². The molecule has 0 aliphatic rings. The maximum Gasteiger partial charge on any atom is 0.325 e. The number of ether oxygens (including phenoxy) is 1. The second-order valence-corrected chi connectivity index (χ2v) is 5.43. The van der Waals surface area contributed by atoms with Crippen molar-refractivity contribution in [3.05, 3.63) is 35.6 Å². The van der Waals surface area contributed by atoms with E-state index in [0.29, 0.717) is 0 Å². The number of carbonyl (C=O) groups excluding carboxylic acids is 1. The summed E-state index contributed by atoms with van der Waals surface area (Å²) in [5.41, 5.74) is 1.75. The van der Waals surface area contributed by atoms with Crippen LogP contribution in [0.25, 0.3) is 0 Å². The number of hydrogen-bond acceptors (Lipinski definition) is 3. The van der Waals surface area contributed by atoms with Crippen molar-refractivity contribution < 1.29 is 9.53 Å². The Morgan fingerprint density at radius 2 is 1.89 bits per heavy atom. The zero-order valence-electron chi connectivity index (χ0n) is 13.0. The second kappa shape index (κ2) is 8.57. The van der Waals surface area contributed by atoms with Crippen LogP contribution < -0.4 is 5.32 Å². The molecule has 0 amide bonds. The first-order valence-electron chi connectivity index (χ1n) is 6.74. The third-order valence-corrected chi connectivity index (χ3v) is 2.31. The van der Waals surface area contributed by atoms with Gasteiger partial charge in [0, 0.05) is 5.70 Å². The SMILES string of the molecule is C\C=C/C(=C/C=C(\C)CC)NCC(=O)OC(C)(C)C. The molecule has 19 heavy (non-hydrogen) atoms. The quantitative estimate of drug-likeness (QED) is 0.587. The molecular weight excluding hydrogens is 238 g/mol. The Labute approximate surface area is 117 Å². The first kappa shape index (κ1) is 17.5. The minimum Gasteiger partial charge on any atom is -0.459 e. The largest absolute Gasteiger partial charge is 0.459 e. The minimum atomic E-state index is -0.443. The van der Waals surface area contributed by atoms with E-state index in [4.69, 9.17) is 4.74 Å². The molecule has 0 aromatic carbocycles. The molecule has 0 aliphatic heterocycles. The Bertz CT molecular complexity index is 371. The van der Waals surface area contributed by atoms with Crippen LogP contribution in [-0.4, -0.2) is 18.1 Å². The average Bonchev–Trinajstić information content (AvgIpc) is 2.30. The summed E-state index contributed by atoms with van der Waals surface area (Å²) in [4.78, 5) is 11.6. The van der Waals surface area contributed by atoms with Crippen LogP contribution in [0.5, 0.6) is 0 Å². The molecule has 3 heteroatoms. The molecule has 108 valence electrons. The van der Waals surface area contributed by atoms with Crippen molar-refractivity contribution in [2.24, 2.45) is 0 Å². The van der Waals surface area contributed by atoms with E-state index in [0.717, 1.165) is 12.1 Å². The van der Waals surface area contributed by atoms with Gasteiger partial charge in [-0.2, -0.15) is 0 Å². The van der Waals surface area contributed by atoms with Gasteiger partial charge < -0.3 is 10.1 Å². The van der Waals surface area contributed by atoms with Crippen LogP contribution in [0.1, 0.15) is 48.0 Å². The maximum absolute atomic E-state index is 11.6. The van der Waals surface area contributed by atoms with Crippen LogP contribution in [0.4, 0.5) is 0 Å². The van der Waals surface area contributed by atoms with Crippen molar-refractivity contribution in [2.45, 2.75) is 53.6 Å². The molecule has 3 nitrogen and oxygen atoms in total. The van der Waals surface area contributed by atoms with Gasteiger partial charge in [0.1, 0.15) is 12.1 Å². The number of esters is 1. The van der Waals surface area contributed by atoms with Crippen molar-refractivity contribution >= 4 is 5.97 Å². The number of rotatable bonds is 6. The van der Waals surface area contributed by atoms with Gasteiger partial charge >= 0.3 is 5.97 Å². The van der Waals surface area contributed by atoms with Crippen LogP contribution in [0.3, 0.4) is 0 Å². The predicted molar refractivity (Wildman–Crippen MR) is 80.8 cm³/mol. The van der Waals surface area contributed by atoms with E-state index in [2.05, 4.69) is 25.2 Å². The Morgan fingerprint density at radius 3 is 2.37 bits per heavy atom. The van der Waals surface area contributed by atoms with E-state index >= 15 is 0 Å². The molecule has 0 aliphatic carbocycles. The van der Waals surface area contributed by atoms with Crippen molar-refractivity contribution in [3.8, 4) is 0 Å². The highest BCUT2D eigenvalue weighted by molar-refractivity contribution is 5.72. The molecule has 0 atom stereocenters. The summed E-state index contributed by atoms with van der Waals surface area (Å²) in [5, 5.41) is 3.08. The van der Waals surface area contributed by atoms with Gasteiger partial charge in [-0.3, -0.25) is 4.79 Å². The Balaban J connectivity index is 4.50. The Hall–Kier alpha value is -1.51. The summed E-state index contributed by atoms with van der Waals surface area (Å²) in [6.45, 7) is 11.9. The maximum atomic E-state index is 11.6. The van der Waals surface area contributed by atoms with E-state index in [1.807, 2.05) is 45.9 Å². The van der Waals surface area contributed by atoms with Crippen LogP contribution in [-0.2, 0) is 9.53 Å². The molecule has 0 radical (unpaired) electrons. The fraction of sp³-hybridized carbons (Fsp3) is 0.562. The lowest BCUT2D eigenvalue weighted by molar-refractivity contribution is -0.153. The molecular formula is C16H27NO2. The fourth-order valence-electron chi connectivity index (χ4n) is 1.25. The fourth-order valence-corrected chi connectivity index (χ4v) is 1.25. The molecule has 0 aromatic heterocycles. The molecule has 0 heterocycles. The zero-order chi connectivity index (χ0) is 14.9. The normalized spacial score (nSPS) is 13.8. The van der Waals surface area contributed by atoms with Gasteiger partial charge in [-0.1, -0.05) is 24.6 Å². The van der Waals surface area contributed by atoms with Crippen molar-refractivity contribution in [3.63, 3.8) is 0 Å². The van der Waals surface area contributed by atoms with E-state index < -0.39 is 5.60 Å². The van der Waals surface area contributed by atoms with Crippen LogP contribution in [0, 0.1) is 0 Å². The van der Waals surface area contributed by atoms with Crippen molar-refractivity contribution in [1.29, 1.82) is 0 Å². The molecule has 0 saturated heterocycles. The standard InChI is InChI=1S/C16H27NO2/c1-7-9-14(11-10-13(3)8-2)17-12-15(18)19-16(4,5)6/h7,9-11,17H,8,12H2,1-6H3/b9-7-,13-10+,14-11-. The van der Waals surface area contributed by atoms with Crippen molar-refractivity contribution in [2.75, 3.05) is 6.54 Å². The van der Waals surface area contributed by atoms with Gasteiger partial charge in [0.05, 0.1) is 0 Å². The van der Waals surface area contributed by atoms with Crippen LogP contribution >= 0.6 is 0 Å². The lowest BCUT2D eigenvalue weighted by atomic mass is 10.2. The van der Waals surface area contributed by atoms with Gasteiger partial charge in [0.2, 0.25) is 0 Å². The molecule has 0 fully saturated rings. The highest BCUT2D eigenvalue weighted by Gasteiger charge is 2.15. The lowest BCUT2D eigenvalue weighted by Gasteiger charge is -2.19. The molecule has 0 rings (SSSR count). The highest BCUT2D eigenvalue weighted by Crippen LogP contribution is 2.07. The summed E-state index contributed by atoms with van der Waals surface area (Å²) in [6.07, 6.45) is 8.92. The molecule has 1 N–H and O–H groups in total. The van der Waals surface area contributed by atoms with Crippen molar-refractivity contribution in [1.82, 2.24) is 5.32 Å². The van der Waals surface area contributed by atoms with Gasteiger partial charge in [-0.25, -0.2) is 0 Å². The monoisotopic (exact) mass is 265 g/mol. The molecule has 0 saturated carbocycles. The summed E-state index contributed by atoms with van der Waals surface area (Å²) >= 11 is 0. The summed E-state index contributed by atoms with van der Waals surface area (Å²) in [7, 11) is 0. The molecule has 0 bridgehead atoms. The number of allylic oxidation sites excluding steroid dienone is 5. The topological polar surface area (TPSA) is 38.3 Å². The number of hydrogen-bond donors (Lipinski definition) is 1. The molecule has 0 aromatic rings. The number of nitrogens with one attached hydrogen (secondary N) is 1. The third-order valence-electron chi connectivity index (χ3n) is 2.31. The van der Waals surface area contributed by atoms with Crippen LogP contribution in [0.2, 0.25) is 0 Å². The average molecular weight is 265 g/mol. The summed E-state index contributed by atoms with van der Waals surface area (Å²) in [5.74, 6) is -0.251. The first-order chi connectivity index (χ1) is 8.78. The van der Waals surface area contributed by atoms with E-state index in [-0.39, 0.29) is 12.5 Å². The first-order valence-corrected chi connectivity index (χ1v) is 6.74. The van der Waals surface area contributed by atoms with E-state index in [9.17, 15) is 4.79 Å². The lowest BCUT2D eigenvalue weighted by Crippen LogP contribution is -2.31. The molecule has 0 spiro atoms. The van der Waals surface area contributed by atoms with Gasteiger partial charge in [-0.15, -0.1) is 0 Å². The Morgan fingerprint density at radius 1 is 1.26 bits per heavy atom. The summed E-state index contributed by atoms with van der Waals surface area (Å²) < 4.78 is 5.24. The van der Waals surface area contributed by atoms with Gasteiger partial charge in [0.15, 0.2) is 0 Å². The second-order valence-electron chi connectivity index (χ2n) is 5.43. The van der Waals surface area contributed by atoms with Gasteiger partial charge in [0.25, 0.3) is 0 Å². The smallest absolute Gasteiger partial charge is 0.325 e. The Kier molecular flexibility index (Phi) is 7.89. The third kappa shape index (κ3) is 10.1. The summed E-state index contributed by atoms with van der Waals surface area (Å²) in [6, 6.07) is 0. The highest BCUT2D eigenvalue weighted by atomic mass is 16.6. The van der Waals surface area contributed by atoms with E-state index in [1.165, 1.54) is 5.57 Å². The van der Waals surface area contributed by atoms with E-state index in [1.54, 1.807) is 0 Å². The number of carbonyl (C=O) groups is 1. The minimum absolute atomic E-state index is 0.173. The zero-order valence-corrected chi connectivity index (χ0v) is 13.0. The predicted octanol–water partition coefficient (Wildman–Crippen LogP) is 3.73. The van der Waals surface area contributed by atoms with Crippen LogP contribution in [0.15, 0.2) is 35.6 Å².